The summed E-state index contributed by atoms with van der Waals surface area (Å²) in [7, 11) is -1.89. The van der Waals surface area contributed by atoms with Crippen LogP contribution in [0.1, 0.15) is 37.7 Å². The SMILES string of the molecule is Cc1ccc(S(=O)(=O)NCCN(C)C(=O)C2(N)CCCCC2)cc1. The second kappa shape index (κ2) is 7.63. The molecule has 1 aliphatic carbocycles. The van der Waals surface area contributed by atoms with Crippen molar-refractivity contribution in [3.05, 3.63) is 29.8 Å². The summed E-state index contributed by atoms with van der Waals surface area (Å²) in [6.07, 6.45) is 4.45. The van der Waals surface area contributed by atoms with Gasteiger partial charge in [-0.25, -0.2) is 13.1 Å². The summed E-state index contributed by atoms with van der Waals surface area (Å²) in [6.45, 7) is 2.36. The van der Waals surface area contributed by atoms with Crippen molar-refractivity contribution in [2.45, 2.75) is 49.5 Å². The second-order valence-corrected chi connectivity index (χ2v) is 8.42. The smallest absolute Gasteiger partial charge is 0.242 e. The highest BCUT2D eigenvalue weighted by Crippen LogP contribution is 2.27. The number of hydrogen-bond donors (Lipinski definition) is 2. The maximum absolute atomic E-state index is 12.5. The molecule has 0 heterocycles. The molecule has 1 saturated carbocycles. The lowest BCUT2D eigenvalue weighted by atomic mass is 9.81. The predicted octanol–water partition coefficient (Wildman–Crippen LogP) is 1.39. The first-order chi connectivity index (χ1) is 11.2. The van der Waals surface area contributed by atoms with Gasteiger partial charge < -0.3 is 10.6 Å². The van der Waals surface area contributed by atoms with Crippen molar-refractivity contribution in [1.29, 1.82) is 0 Å². The van der Waals surface area contributed by atoms with Crippen LogP contribution in [0.15, 0.2) is 29.2 Å². The Morgan fingerprint density at radius 1 is 1.21 bits per heavy atom. The van der Waals surface area contributed by atoms with Crippen LogP contribution >= 0.6 is 0 Å². The largest absolute Gasteiger partial charge is 0.343 e. The molecule has 0 unspecified atom stereocenters. The first-order valence-electron chi connectivity index (χ1n) is 8.35. The van der Waals surface area contributed by atoms with E-state index in [1.807, 2.05) is 6.92 Å². The standard InChI is InChI=1S/C17H27N3O3S/c1-14-6-8-15(9-7-14)24(22,23)19-12-13-20(2)16(21)17(18)10-4-3-5-11-17/h6-9,19H,3-5,10-13,18H2,1-2H3. The van der Waals surface area contributed by atoms with Crippen LogP contribution in [0.25, 0.3) is 0 Å². The fourth-order valence-electron chi connectivity index (χ4n) is 3.03. The molecule has 0 saturated heterocycles. The Labute approximate surface area is 144 Å². The zero-order valence-electron chi connectivity index (χ0n) is 14.4. The first kappa shape index (κ1) is 18.9. The van der Waals surface area contributed by atoms with Gasteiger partial charge in [0.2, 0.25) is 15.9 Å². The van der Waals surface area contributed by atoms with Crippen LogP contribution in [0, 0.1) is 6.92 Å². The van der Waals surface area contributed by atoms with Crippen molar-refractivity contribution >= 4 is 15.9 Å². The number of carbonyl (C=O) groups excluding carboxylic acids is 1. The molecule has 0 aromatic heterocycles. The summed E-state index contributed by atoms with van der Waals surface area (Å²) in [4.78, 5) is 14.3. The number of likely N-dealkylation sites (N-methyl/N-ethyl adjacent to an activating group) is 1. The fourth-order valence-corrected chi connectivity index (χ4v) is 4.05. The van der Waals surface area contributed by atoms with Crippen molar-refractivity contribution in [3.8, 4) is 0 Å². The van der Waals surface area contributed by atoms with E-state index < -0.39 is 15.6 Å². The van der Waals surface area contributed by atoms with Gasteiger partial charge in [0.15, 0.2) is 0 Å². The highest BCUT2D eigenvalue weighted by atomic mass is 32.2. The lowest BCUT2D eigenvalue weighted by molar-refractivity contribution is -0.136. The molecule has 1 aromatic carbocycles. The third kappa shape index (κ3) is 4.55. The number of amides is 1. The van der Waals surface area contributed by atoms with E-state index in [-0.39, 0.29) is 17.3 Å². The molecular weight excluding hydrogens is 326 g/mol. The van der Waals surface area contributed by atoms with Gasteiger partial charge in [-0.3, -0.25) is 4.79 Å². The summed E-state index contributed by atoms with van der Waals surface area (Å²) in [6, 6.07) is 6.66. The van der Waals surface area contributed by atoms with Gasteiger partial charge in [-0.2, -0.15) is 0 Å². The molecule has 1 amide bonds. The third-order valence-corrected chi connectivity index (χ3v) is 6.07. The molecule has 3 N–H and O–H groups in total. The van der Waals surface area contributed by atoms with Gasteiger partial charge in [-0.05, 0) is 31.9 Å². The minimum absolute atomic E-state index is 0.100. The van der Waals surface area contributed by atoms with Gasteiger partial charge in [0, 0.05) is 20.1 Å². The number of nitrogens with zero attached hydrogens (tertiary/aromatic N) is 1. The van der Waals surface area contributed by atoms with E-state index >= 15 is 0 Å². The van der Waals surface area contributed by atoms with E-state index in [2.05, 4.69) is 4.72 Å². The van der Waals surface area contributed by atoms with Gasteiger partial charge in [0.25, 0.3) is 0 Å². The summed E-state index contributed by atoms with van der Waals surface area (Å²) < 4.78 is 27.0. The number of nitrogens with two attached hydrogens (primary N) is 1. The average molecular weight is 353 g/mol. The van der Waals surface area contributed by atoms with Crippen molar-refractivity contribution in [1.82, 2.24) is 9.62 Å². The topological polar surface area (TPSA) is 92.5 Å². The number of sulfonamides is 1. The number of hydrogen-bond acceptors (Lipinski definition) is 4. The molecule has 0 spiro atoms. The van der Waals surface area contributed by atoms with E-state index in [0.717, 1.165) is 24.8 Å². The lowest BCUT2D eigenvalue weighted by Crippen LogP contribution is -2.56. The van der Waals surface area contributed by atoms with E-state index in [1.165, 1.54) is 4.90 Å². The lowest BCUT2D eigenvalue weighted by Gasteiger charge is -2.35. The fraction of sp³-hybridized carbons (Fsp3) is 0.588. The Morgan fingerprint density at radius 2 is 1.79 bits per heavy atom. The quantitative estimate of drug-likeness (QED) is 0.808. The number of benzene rings is 1. The first-order valence-corrected chi connectivity index (χ1v) is 9.84. The normalized spacial score (nSPS) is 17.5. The van der Waals surface area contributed by atoms with E-state index in [9.17, 15) is 13.2 Å². The van der Waals surface area contributed by atoms with Crippen LogP contribution in [-0.2, 0) is 14.8 Å². The van der Waals surface area contributed by atoms with Crippen LogP contribution in [0.5, 0.6) is 0 Å². The minimum Gasteiger partial charge on any atom is -0.343 e. The monoisotopic (exact) mass is 353 g/mol. The molecule has 1 aromatic rings. The average Bonchev–Trinajstić information content (AvgIpc) is 2.55. The molecule has 1 fully saturated rings. The van der Waals surface area contributed by atoms with Crippen LogP contribution in [0.2, 0.25) is 0 Å². The maximum atomic E-state index is 12.5. The van der Waals surface area contributed by atoms with Crippen molar-refractivity contribution in [2.75, 3.05) is 20.1 Å². The molecule has 24 heavy (non-hydrogen) atoms. The minimum atomic E-state index is -3.56. The summed E-state index contributed by atoms with van der Waals surface area (Å²) in [5.41, 5.74) is 6.45. The summed E-state index contributed by atoms with van der Waals surface area (Å²) in [5.74, 6) is -0.100. The third-order valence-electron chi connectivity index (χ3n) is 4.59. The molecule has 1 aliphatic rings. The van der Waals surface area contributed by atoms with Crippen LogP contribution < -0.4 is 10.5 Å². The molecule has 0 atom stereocenters. The van der Waals surface area contributed by atoms with Crippen molar-refractivity contribution in [3.63, 3.8) is 0 Å². The molecule has 0 aliphatic heterocycles. The summed E-state index contributed by atoms with van der Waals surface area (Å²) >= 11 is 0. The second-order valence-electron chi connectivity index (χ2n) is 6.65. The van der Waals surface area contributed by atoms with Crippen LogP contribution in [0.3, 0.4) is 0 Å². The van der Waals surface area contributed by atoms with Crippen molar-refractivity contribution < 1.29 is 13.2 Å². The van der Waals surface area contributed by atoms with Crippen LogP contribution in [0.4, 0.5) is 0 Å². The molecule has 7 heteroatoms. The number of rotatable bonds is 6. The Kier molecular flexibility index (Phi) is 6.01. The predicted molar refractivity (Wildman–Crippen MR) is 94.0 cm³/mol. The molecule has 0 radical (unpaired) electrons. The Morgan fingerprint density at radius 3 is 2.38 bits per heavy atom. The van der Waals surface area contributed by atoms with E-state index in [0.29, 0.717) is 19.4 Å². The van der Waals surface area contributed by atoms with Gasteiger partial charge in [-0.1, -0.05) is 37.0 Å². The zero-order chi connectivity index (χ0) is 17.8. The van der Waals surface area contributed by atoms with Gasteiger partial charge in [-0.15, -0.1) is 0 Å². The Hall–Kier alpha value is -1.44. The Balaban J connectivity index is 1.88. The van der Waals surface area contributed by atoms with E-state index in [1.54, 1.807) is 31.3 Å². The number of nitrogens with one attached hydrogen (secondary N) is 1. The Bertz CT molecular complexity index is 665. The molecule has 6 nitrogen and oxygen atoms in total. The van der Waals surface area contributed by atoms with Gasteiger partial charge in [0.05, 0.1) is 10.4 Å². The molecule has 0 bridgehead atoms. The van der Waals surface area contributed by atoms with Crippen LogP contribution in [-0.4, -0.2) is 44.9 Å². The van der Waals surface area contributed by atoms with Crippen molar-refractivity contribution in [2.24, 2.45) is 5.73 Å². The highest BCUT2D eigenvalue weighted by Gasteiger charge is 2.37. The number of aryl methyl sites for hydroxylation is 1. The molecular formula is C17H27N3O3S. The zero-order valence-corrected chi connectivity index (χ0v) is 15.2. The van der Waals surface area contributed by atoms with Gasteiger partial charge in [0.1, 0.15) is 0 Å². The van der Waals surface area contributed by atoms with Gasteiger partial charge >= 0.3 is 0 Å². The number of carbonyl (C=O) groups is 1. The van der Waals surface area contributed by atoms with E-state index in [4.69, 9.17) is 5.73 Å². The maximum Gasteiger partial charge on any atom is 0.242 e. The highest BCUT2D eigenvalue weighted by molar-refractivity contribution is 7.89. The summed E-state index contributed by atoms with van der Waals surface area (Å²) in [5, 5.41) is 0. The molecule has 134 valence electrons. The molecule has 2 rings (SSSR count).